The number of aliphatic carboxylic acids is 1. The first kappa shape index (κ1) is 19.1. The minimum Gasteiger partial charge on any atom is -0.481 e. The van der Waals surface area contributed by atoms with Crippen molar-refractivity contribution in [2.45, 2.75) is 45.3 Å². The maximum Gasteiger partial charge on any atom is 0.314 e. The van der Waals surface area contributed by atoms with E-state index in [-0.39, 0.29) is 18.4 Å². The van der Waals surface area contributed by atoms with Crippen LogP contribution in [-0.2, 0) is 4.79 Å². The maximum absolute atomic E-state index is 11.6. The molecule has 0 bridgehead atoms. The Bertz CT molecular complexity index is 298. The van der Waals surface area contributed by atoms with E-state index in [2.05, 4.69) is 31.4 Å². The molecule has 0 fully saturated rings. The topological polar surface area (TPSA) is 78.4 Å². The van der Waals surface area contributed by atoms with Gasteiger partial charge in [0.15, 0.2) is 0 Å². The van der Waals surface area contributed by atoms with Gasteiger partial charge in [0.25, 0.3) is 0 Å². The van der Waals surface area contributed by atoms with Crippen LogP contribution < -0.4 is 10.6 Å². The Morgan fingerprint density at radius 2 is 1.85 bits per heavy atom. The van der Waals surface area contributed by atoms with Crippen LogP contribution in [0.3, 0.4) is 0 Å². The smallest absolute Gasteiger partial charge is 0.314 e. The second kappa shape index (κ2) is 10.8. The Kier molecular flexibility index (Phi) is 10.3. The number of urea groups is 1. The Morgan fingerprint density at radius 3 is 2.35 bits per heavy atom. The fourth-order valence-corrected chi connectivity index (χ4v) is 2.31. The molecule has 0 spiro atoms. The van der Waals surface area contributed by atoms with E-state index in [4.69, 9.17) is 5.11 Å². The van der Waals surface area contributed by atoms with Crippen LogP contribution in [0.5, 0.6) is 0 Å². The number of hydrogen-bond donors (Lipinski definition) is 3. The van der Waals surface area contributed by atoms with Gasteiger partial charge in [0.05, 0.1) is 0 Å². The zero-order valence-electron chi connectivity index (χ0n) is 12.9. The zero-order valence-corrected chi connectivity index (χ0v) is 13.8. The van der Waals surface area contributed by atoms with Crippen molar-refractivity contribution in [3.05, 3.63) is 0 Å². The summed E-state index contributed by atoms with van der Waals surface area (Å²) in [5.41, 5.74) is 0. The highest BCUT2D eigenvalue weighted by Crippen LogP contribution is 2.14. The van der Waals surface area contributed by atoms with Crippen molar-refractivity contribution in [1.29, 1.82) is 0 Å². The minimum atomic E-state index is -0.813. The molecule has 0 aliphatic heterocycles. The van der Waals surface area contributed by atoms with Crippen LogP contribution in [0, 0.1) is 11.8 Å². The third kappa shape index (κ3) is 11.0. The fourth-order valence-electron chi connectivity index (χ4n) is 1.96. The molecule has 20 heavy (non-hydrogen) atoms. The summed E-state index contributed by atoms with van der Waals surface area (Å²) in [5.74, 6) is -0.401. The van der Waals surface area contributed by atoms with Crippen molar-refractivity contribution in [1.82, 2.24) is 10.6 Å². The highest BCUT2D eigenvalue weighted by molar-refractivity contribution is 7.99. The molecule has 0 heterocycles. The number of amides is 2. The van der Waals surface area contributed by atoms with Crippen LogP contribution in [0.1, 0.15) is 40.0 Å². The lowest BCUT2D eigenvalue weighted by Gasteiger charge is -2.18. The number of carboxylic acid groups (broad SMARTS) is 1. The van der Waals surface area contributed by atoms with E-state index in [0.29, 0.717) is 24.3 Å². The van der Waals surface area contributed by atoms with Crippen LogP contribution in [0.4, 0.5) is 4.79 Å². The fraction of sp³-hybridized carbons (Fsp3) is 0.857. The van der Waals surface area contributed by atoms with Gasteiger partial charge in [-0.15, -0.1) is 0 Å². The van der Waals surface area contributed by atoms with Crippen molar-refractivity contribution < 1.29 is 14.7 Å². The molecule has 118 valence electrons. The average Bonchev–Trinajstić information content (AvgIpc) is 2.34. The quantitative estimate of drug-likeness (QED) is 0.579. The molecule has 0 aromatic carbocycles. The molecule has 2 atom stereocenters. The molecule has 0 aliphatic rings. The van der Waals surface area contributed by atoms with Crippen molar-refractivity contribution in [3.63, 3.8) is 0 Å². The number of carbonyl (C=O) groups is 2. The van der Waals surface area contributed by atoms with E-state index < -0.39 is 5.97 Å². The molecular formula is C14H28N2O3S. The van der Waals surface area contributed by atoms with Gasteiger partial charge >= 0.3 is 12.0 Å². The summed E-state index contributed by atoms with van der Waals surface area (Å²) in [6.45, 7) is 7.28. The normalized spacial score (nSPS) is 13.8. The predicted octanol–water partition coefficient (Wildman–Crippen LogP) is 2.56. The van der Waals surface area contributed by atoms with E-state index >= 15 is 0 Å². The zero-order chi connectivity index (χ0) is 15.5. The molecule has 0 aromatic heterocycles. The molecule has 5 nitrogen and oxygen atoms in total. The minimum absolute atomic E-state index is 0.0108. The van der Waals surface area contributed by atoms with Gasteiger partial charge in [-0.25, -0.2) is 4.79 Å². The summed E-state index contributed by atoms with van der Waals surface area (Å²) in [5, 5.41) is 14.9. The van der Waals surface area contributed by atoms with Gasteiger partial charge < -0.3 is 15.7 Å². The van der Waals surface area contributed by atoms with Crippen molar-refractivity contribution in [2.24, 2.45) is 11.8 Å². The first-order valence-electron chi connectivity index (χ1n) is 7.11. The van der Waals surface area contributed by atoms with Gasteiger partial charge in [0.1, 0.15) is 0 Å². The number of hydrogen-bond acceptors (Lipinski definition) is 3. The third-order valence-corrected chi connectivity index (χ3v) is 4.10. The molecule has 0 radical (unpaired) electrons. The molecule has 0 aromatic rings. The highest BCUT2D eigenvalue weighted by atomic mass is 32.2. The van der Waals surface area contributed by atoms with Gasteiger partial charge in [-0.2, -0.15) is 11.8 Å². The van der Waals surface area contributed by atoms with Crippen LogP contribution in [0.15, 0.2) is 0 Å². The largest absolute Gasteiger partial charge is 0.481 e. The van der Waals surface area contributed by atoms with Crippen LogP contribution in [0.25, 0.3) is 0 Å². The SMILES string of the molecule is CSC(C)CCNC(=O)NC[C@H](CC(=O)O)CC(C)C. The van der Waals surface area contributed by atoms with E-state index in [1.165, 1.54) is 0 Å². The van der Waals surface area contributed by atoms with Crippen LogP contribution >= 0.6 is 11.8 Å². The van der Waals surface area contributed by atoms with Gasteiger partial charge in [-0.1, -0.05) is 20.8 Å². The Hall–Kier alpha value is -0.910. The molecule has 0 saturated heterocycles. The molecule has 1 unspecified atom stereocenters. The Morgan fingerprint density at radius 1 is 1.20 bits per heavy atom. The lowest BCUT2D eigenvalue weighted by molar-refractivity contribution is -0.138. The number of thioether (sulfide) groups is 1. The first-order valence-corrected chi connectivity index (χ1v) is 8.40. The second-order valence-corrected chi connectivity index (χ2v) is 6.84. The molecule has 0 rings (SSSR count). The van der Waals surface area contributed by atoms with E-state index in [1.807, 2.05) is 6.26 Å². The van der Waals surface area contributed by atoms with Gasteiger partial charge in [0, 0.05) is 24.8 Å². The van der Waals surface area contributed by atoms with Crippen molar-refractivity contribution in [3.8, 4) is 0 Å². The van der Waals surface area contributed by atoms with Crippen LogP contribution in [0.2, 0.25) is 0 Å². The summed E-state index contributed by atoms with van der Waals surface area (Å²) in [7, 11) is 0. The summed E-state index contributed by atoms with van der Waals surface area (Å²) in [4.78, 5) is 22.4. The Labute approximate surface area is 126 Å². The molecule has 3 N–H and O–H groups in total. The number of nitrogens with one attached hydrogen (secondary N) is 2. The maximum atomic E-state index is 11.6. The van der Waals surface area contributed by atoms with Crippen molar-refractivity contribution in [2.75, 3.05) is 19.3 Å². The summed E-state index contributed by atoms with van der Waals surface area (Å²) in [6.07, 6.45) is 3.88. The number of carboxylic acids is 1. The van der Waals surface area contributed by atoms with Gasteiger partial charge in [0.2, 0.25) is 0 Å². The molecule has 6 heteroatoms. The highest BCUT2D eigenvalue weighted by Gasteiger charge is 2.16. The molecule has 2 amide bonds. The number of carbonyl (C=O) groups excluding carboxylic acids is 1. The first-order chi connectivity index (χ1) is 9.35. The predicted molar refractivity (Wildman–Crippen MR) is 84.2 cm³/mol. The monoisotopic (exact) mass is 304 g/mol. The second-order valence-electron chi connectivity index (χ2n) is 5.57. The molecular weight excluding hydrogens is 276 g/mol. The molecule has 0 aliphatic carbocycles. The molecule has 0 saturated carbocycles. The lowest BCUT2D eigenvalue weighted by Crippen LogP contribution is -2.39. The van der Waals surface area contributed by atoms with Gasteiger partial charge in [-0.05, 0) is 30.9 Å². The Balaban J connectivity index is 3.94. The third-order valence-electron chi connectivity index (χ3n) is 3.06. The lowest BCUT2D eigenvalue weighted by atomic mass is 9.94. The summed E-state index contributed by atoms with van der Waals surface area (Å²) in [6, 6.07) is -0.211. The van der Waals surface area contributed by atoms with Crippen LogP contribution in [-0.4, -0.2) is 41.7 Å². The number of rotatable bonds is 10. The standard InChI is InChI=1S/C14H28N2O3S/c1-10(2)7-12(8-13(17)18)9-16-14(19)15-6-5-11(3)20-4/h10-12H,5-9H2,1-4H3,(H,17,18)(H2,15,16,19)/t11?,12-/m0/s1. The van der Waals surface area contributed by atoms with Gasteiger partial charge in [-0.3, -0.25) is 4.79 Å². The van der Waals surface area contributed by atoms with E-state index in [9.17, 15) is 9.59 Å². The summed E-state index contributed by atoms with van der Waals surface area (Å²) >= 11 is 1.77. The van der Waals surface area contributed by atoms with E-state index in [1.54, 1.807) is 11.8 Å². The average molecular weight is 304 g/mol. The van der Waals surface area contributed by atoms with Crippen molar-refractivity contribution >= 4 is 23.8 Å². The summed E-state index contributed by atoms with van der Waals surface area (Å²) < 4.78 is 0. The van der Waals surface area contributed by atoms with E-state index in [0.717, 1.165) is 12.8 Å².